The molecule has 0 saturated heterocycles. The Kier molecular flexibility index (Phi) is 4.30. The highest BCUT2D eigenvalue weighted by Crippen LogP contribution is 2.17. The molecule has 1 aromatic rings. The average molecular weight is 288 g/mol. The molecular formula is C10H10BrNO4. The van der Waals surface area contributed by atoms with Crippen LogP contribution in [0.5, 0.6) is 0 Å². The van der Waals surface area contributed by atoms with Gasteiger partial charge in [-0.2, -0.15) is 0 Å². The van der Waals surface area contributed by atoms with E-state index < -0.39 is 17.9 Å². The molecule has 0 spiro atoms. The van der Waals surface area contributed by atoms with E-state index in [0.29, 0.717) is 0 Å². The minimum absolute atomic E-state index is 0.163. The van der Waals surface area contributed by atoms with Crippen molar-refractivity contribution in [3.63, 3.8) is 0 Å². The van der Waals surface area contributed by atoms with E-state index in [-0.39, 0.29) is 16.7 Å². The second-order valence-corrected chi connectivity index (χ2v) is 3.72. The first-order valence-electron chi connectivity index (χ1n) is 4.43. The Morgan fingerprint density at radius 3 is 2.81 bits per heavy atom. The van der Waals surface area contributed by atoms with Gasteiger partial charge in [-0.25, -0.2) is 4.79 Å². The highest BCUT2D eigenvalue weighted by Gasteiger charge is 2.21. The molecule has 0 aliphatic carbocycles. The summed E-state index contributed by atoms with van der Waals surface area (Å²) >= 11 is 3.04. The number of amides is 1. The molecular weight excluding hydrogens is 278 g/mol. The first kappa shape index (κ1) is 12.5. The predicted molar refractivity (Wildman–Crippen MR) is 60.1 cm³/mol. The van der Waals surface area contributed by atoms with Crippen molar-refractivity contribution in [1.82, 2.24) is 5.32 Å². The summed E-state index contributed by atoms with van der Waals surface area (Å²) in [7, 11) is 0. The Balaban J connectivity index is 2.72. The van der Waals surface area contributed by atoms with Crippen LogP contribution in [0, 0.1) is 0 Å². The van der Waals surface area contributed by atoms with Crippen molar-refractivity contribution in [2.45, 2.75) is 12.5 Å². The maximum Gasteiger partial charge on any atom is 0.326 e. The van der Waals surface area contributed by atoms with E-state index in [0.717, 1.165) is 0 Å². The van der Waals surface area contributed by atoms with E-state index in [1.807, 2.05) is 0 Å². The Morgan fingerprint density at radius 2 is 2.38 bits per heavy atom. The van der Waals surface area contributed by atoms with Gasteiger partial charge in [-0.3, -0.25) is 4.79 Å². The number of hydrogen-bond donors (Lipinski definition) is 2. The molecule has 6 heteroatoms. The molecule has 0 aliphatic heterocycles. The third-order valence-electron chi connectivity index (χ3n) is 1.87. The smallest absolute Gasteiger partial charge is 0.326 e. The maximum atomic E-state index is 11.6. The Morgan fingerprint density at radius 1 is 1.69 bits per heavy atom. The quantitative estimate of drug-likeness (QED) is 0.810. The third kappa shape index (κ3) is 2.96. The summed E-state index contributed by atoms with van der Waals surface area (Å²) in [5.41, 5.74) is 0.260. The van der Waals surface area contributed by atoms with E-state index >= 15 is 0 Å². The van der Waals surface area contributed by atoms with Crippen molar-refractivity contribution in [2.75, 3.05) is 0 Å². The van der Waals surface area contributed by atoms with Gasteiger partial charge in [-0.15, -0.1) is 6.58 Å². The molecule has 1 amide bonds. The fourth-order valence-electron chi connectivity index (χ4n) is 1.08. The molecule has 1 aromatic heterocycles. The summed E-state index contributed by atoms with van der Waals surface area (Å²) in [6, 6.07) is 0.471. The topological polar surface area (TPSA) is 79.5 Å². The SMILES string of the molecule is C=CCC(NC(=O)c1ccoc1Br)C(=O)O. The average Bonchev–Trinajstić information content (AvgIpc) is 2.63. The number of carbonyl (C=O) groups excluding carboxylic acids is 1. The van der Waals surface area contributed by atoms with Gasteiger partial charge in [0.15, 0.2) is 4.67 Å². The molecule has 0 bridgehead atoms. The van der Waals surface area contributed by atoms with Crippen LogP contribution < -0.4 is 5.32 Å². The van der Waals surface area contributed by atoms with Crippen molar-refractivity contribution in [1.29, 1.82) is 0 Å². The van der Waals surface area contributed by atoms with Crippen LogP contribution in [-0.2, 0) is 4.79 Å². The lowest BCUT2D eigenvalue weighted by Gasteiger charge is -2.11. The van der Waals surface area contributed by atoms with Crippen molar-refractivity contribution in [3.05, 3.63) is 35.2 Å². The summed E-state index contributed by atoms with van der Waals surface area (Å²) in [5.74, 6) is -1.61. The Hall–Kier alpha value is -1.56. The number of halogens is 1. The monoisotopic (exact) mass is 287 g/mol. The van der Waals surface area contributed by atoms with Crippen LogP contribution in [-0.4, -0.2) is 23.0 Å². The molecule has 1 unspecified atom stereocenters. The molecule has 16 heavy (non-hydrogen) atoms. The van der Waals surface area contributed by atoms with Crippen LogP contribution in [0.4, 0.5) is 0 Å². The Bertz CT molecular complexity index is 413. The molecule has 2 N–H and O–H groups in total. The standard InChI is InChI=1S/C10H10BrNO4/c1-2-3-7(10(14)15)12-9(13)6-4-5-16-8(6)11/h2,4-5,7H,1,3H2,(H,12,13)(H,14,15). The second-order valence-electron chi connectivity index (χ2n) is 3.00. The van der Waals surface area contributed by atoms with Gasteiger partial charge in [0.2, 0.25) is 0 Å². The molecule has 1 heterocycles. The van der Waals surface area contributed by atoms with Crippen molar-refractivity contribution >= 4 is 27.8 Å². The van der Waals surface area contributed by atoms with Crippen LogP contribution in [0.15, 0.2) is 34.1 Å². The van der Waals surface area contributed by atoms with Gasteiger partial charge in [0.25, 0.3) is 5.91 Å². The molecule has 0 aromatic carbocycles. The largest absolute Gasteiger partial charge is 0.480 e. The Labute approximate surface area is 100 Å². The summed E-state index contributed by atoms with van der Waals surface area (Å²) < 4.78 is 5.15. The third-order valence-corrected chi connectivity index (χ3v) is 2.48. The number of carboxylic acid groups (broad SMARTS) is 1. The van der Waals surface area contributed by atoms with Crippen molar-refractivity contribution in [3.8, 4) is 0 Å². The van der Waals surface area contributed by atoms with Crippen LogP contribution in [0.2, 0.25) is 0 Å². The maximum absolute atomic E-state index is 11.6. The zero-order chi connectivity index (χ0) is 12.1. The van der Waals surface area contributed by atoms with Gasteiger partial charge in [0.1, 0.15) is 6.04 Å². The molecule has 0 radical (unpaired) electrons. The number of carbonyl (C=O) groups is 2. The minimum atomic E-state index is -1.10. The highest BCUT2D eigenvalue weighted by atomic mass is 79.9. The summed E-state index contributed by atoms with van der Waals surface area (Å²) in [6.07, 6.45) is 2.93. The lowest BCUT2D eigenvalue weighted by Crippen LogP contribution is -2.40. The first-order valence-corrected chi connectivity index (χ1v) is 5.23. The zero-order valence-corrected chi connectivity index (χ0v) is 9.86. The number of aliphatic carboxylic acids is 1. The lowest BCUT2D eigenvalue weighted by molar-refractivity contribution is -0.139. The molecule has 1 rings (SSSR count). The van der Waals surface area contributed by atoms with Crippen LogP contribution >= 0.6 is 15.9 Å². The normalized spacial score (nSPS) is 11.8. The van der Waals surface area contributed by atoms with Gasteiger partial charge >= 0.3 is 5.97 Å². The summed E-state index contributed by atoms with van der Waals surface area (Å²) in [6.45, 7) is 3.43. The highest BCUT2D eigenvalue weighted by molar-refractivity contribution is 9.10. The summed E-state index contributed by atoms with van der Waals surface area (Å²) in [5, 5.41) is 11.2. The lowest BCUT2D eigenvalue weighted by atomic mass is 10.2. The number of carboxylic acids is 1. The molecule has 0 aliphatic rings. The van der Waals surface area contributed by atoms with Gasteiger partial charge in [-0.1, -0.05) is 6.08 Å². The minimum Gasteiger partial charge on any atom is -0.480 e. The molecule has 5 nitrogen and oxygen atoms in total. The zero-order valence-electron chi connectivity index (χ0n) is 8.27. The number of hydrogen-bond acceptors (Lipinski definition) is 3. The van der Waals surface area contributed by atoms with Gasteiger partial charge in [0, 0.05) is 0 Å². The molecule has 0 saturated carbocycles. The van der Waals surface area contributed by atoms with E-state index in [1.165, 1.54) is 18.4 Å². The van der Waals surface area contributed by atoms with Crippen LogP contribution in [0.1, 0.15) is 16.8 Å². The second kappa shape index (κ2) is 5.50. The van der Waals surface area contributed by atoms with Crippen LogP contribution in [0.25, 0.3) is 0 Å². The number of rotatable bonds is 5. The van der Waals surface area contributed by atoms with Gasteiger partial charge in [-0.05, 0) is 28.4 Å². The van der Waals surface area contributed by atoms with E-state index in [1.54, 1.807) is 0 Å². The molecule has 0 fully saturated rings. The number of furan rings is 1. The van der Waals surface area contributed by atoms with E-state index in [2.05, 4.69) is 27.8 Å². The van der Waals surface area contributed by atoms with E-state index in [9.17, 15) is 9.59 Å². The van der Waals surface area contributed by atoms with Crippen LogP contribution in [0.3, 0.4) is 0 Å². The van der Waals surface area contributed by atoms with Gasteiger partial charge in [0.05, 0.1) is 11.8 Å². The van der Waals surface area contributed by atoms with Crippen molar-refractivity contribution in [2.24, 2.45) is 0 Å². The first-order chi connectivity index (χ1) is 7.56. The molecule has 86 valence electrons. The van der Waals surface area contributed by atoms with E-state index in [4.69, 9.17) is 9.52 Å². The fraction of sp³-hybridized carbons (Fsp3) is 0.200. The van der Waals surface area contributed by atoms with Crippen molar-refractivity contribution < 1.29 is 19.1 Å². The molecule has 1 atom stereocenters. The fourth-order valence-corrected chi connectivity index (χ4v) is 1.50. The number of nitrogens with one attached hydrogen (secondary N) is 1. The predicted octanol–water partition coefficient (Wildman–Crippen LogP) is 1.80. The summed E-state index contributed by atoms with van der Waals surface area (Å²) in [4.78, 5) is 22.4. The van der Waals surface area contributed by atoms with Gasteiger partial charge < -0.3 is 14.8 Å².